The zero-order chi connectivity index (χ0) is 20.5. The highest BCUT2D eigenvalue weighted by molar-refractivity contribution is 5.86. The molecule has 1 fully saturated rings. The van der Waals surface area contributed by atoms with Crippen molar-refractivity contribution in [3.8, 4) is 0 Å². The van der Waals surface area contributed by atoms with Crippen LogP contribution in [0.4, 0.5) is 0 Å². The van der Waals surface area contributed by atoms with Gasteiger partial charge in [-0.3, -0.25) is 9.69 Å². The van der Waals surface area contributed by atoms with Gasteiger partial charge in [0.1, 0.15) is 0 Å². The number of nitrogens with one attached hydrogen (secondary N) is 2. The number of hydrogen-bond acceptors (Lipinski definition) is 4. The number of benzene rings is 1. The Hall–Kier alpha value is -2.38. The monoisotopic (exact) mass is 387 g/mol. The van der Waals surface area contributed by atoms with Crippen molar-refractivity contribution < 1.29 is 9.90 Å². The second-order valence-electron chi connectivity index (χ2n) is 7.56. The zero-order valence-corrected chi connectivity index (χ0v) is 17.2. The lowest BCUT2D eigenvalue weighted by molar-refractivity contribution is -0.127. The standard InChI is InChI=1S/C21H33N5O2/c1-16(2)11-22-21(24-13-20(28)25(3)4)23-12-17-7-5-6-8-18(17)14-26-10-9-19(27)15-26/h5-8,19,27H,1,9-15H2,2-4H3,(H2,22,23,24). The molecule has 1 aromatic rings. The number of nitrogens with zero attached hydrogens (tertiary/aromatic N) is 3. The zero-order valence-electron chi connectivity index (χ0n) is 17.2. The summed E-state index contributed by atoms with van der Waals surface area (Å²) in [6.45, 7) is 9.57. The van der Waals surface area contributed by atoms with Gasteiger partial charge in [0.05, 0.1) is 19.2 Å². The van der Waals surface area contributed by atoms with Crippen molar-refractivity contribution in [3.05, 3.63) is 47.5 Å². The van der Waals surface area contributed by atoms with Crippen LogP contribution in [-0.4, -0.2) is 73.2 Å². The highest BCUT2D eigenvalue weighted by Gasteiger charge is 2.20. The van der Waals surface area contributed by atoms with E-state index in [1.165, 1.54) is 5.56 Å². The lowest BCUT2D eigenvalue weighted by atomic mass is 10.1. The third-order valence-electron chi connectivity index (χ3n) is 4.63. The summed E-state index contributed by atoms with van der Waals surface area (Å²) in [6, 6.07) is 8.23. The van der Waals surface area contributed by atoms with Crippen LogP contribution < -0.4 is 10.6 Å². The molecule has 28 heavy (non-hydrogen) atoms. The summed E-state index contributed by atoms with van der Waals surface area (Å²) in [5.41, 5.74) is 3.34. The van der Waals surface area contributed by atoms with Crippen LogP contribution in [0.2, 0.25) is 0 Å². The Kier molecular flexibility index (Phi) is 8.47. The van der Waals surface area contributed by atoms with Gasteiger partial charge >= 0.3 is 0 Å². The van der Waals surface area contributed by atoms with Crippen molar-refractivity contribution >= 4 is 11.9 Å². The van der Waals surface area contributed by atoms with E-state index in [4.69, 9.17) is 0 Å². The molecule has 1 heterocycles. The minimum Gasteiger partial charge on any atom is -0.392 e. The average molecular weight is 388 g/mol. The van der Waals surface area contributed by atoms with Crippen LogP contribution >= 0.6 is 0 Å². The number of carbonyl (C=O) groups is 1. The van der Waals surface area contributed by atoms with Crippen LogP contribution in [0.5, 0.6) is 0 Å². The smallest absolute Gasteiger partial charge is 0.241 e. The molecule has 0 aromatic heterocycles. The number of aliphatic hydroxyl groups is 1. The van der Waals surface area contributed by atoms with Gasteiger partial charge in [0, 0.05) is 40.3 Å². The molecule has 0 radical (unpaired) electrons. The van der Waals surface area contributed by atoms with Gasteiger partial charge in [0.15, 0.2) is 5.96 Å². The fourth-order valence-electron chi connectivity index (χ4n) is 2.95. The number of guanidine groups is 1. The Balaban J connectivity index is 2.04. The summed E-state index contributed by atoms with van der Waals surface area (Å²) < 4.78 is 0. The van der Waals surface area contributed by atoms with Crippen molar-refractivity contribution in [3.63, 3.8) is 0 Å². The number of carbonyl (C=O) groups excluding carboxylic acids is 1. The van der Waals surface area contributed by atoms with Crippen molar-refractivity contribution in [2.45, 2.75) is 32.5 Å². The Morgan fingerprint density at radius 3 is 2.57 bits per heavy atom. The third kappa shape index (κ3) is 7.32. The van der Waals surface area contributed by atoms with E-state index in [9.17, 15) is 9.90 Å². The van der Waals surface area contributed by atoms with Crippen LogP contribution in [0.25, 0.3) is 0 Å². The molecule has 1 unspecified atom stereocenters. The molecule has 0 aliphatic carbocycles. The number of likely N-dealkylation sites (tertiary alicyclic amines) is 1. The van der Waals surface area contributed by atoms with E-state index >= 15 is 0 Å². The molecule has 154 valence electrons. The van der Waals surface area contributed by atoms with Crippen LogP contribution in [0.3, 0.4) is 0 Å². The van der Waals surface area contributed by atoms with E-state index in [-0.39, 0.29) is 18.6 Å². The van der Waals surface area contributed by atoms with Crippen molar-refractivity contribution in [2.24, 2.45) is 4.99 Å². The van der Waals surface area contributed by atoms with Gasteiger partial charge in [-0.2, -0.15) is 0 Å². The normalized spacial score (nSPS) is 17.4. The predicted molar refractivity (Wildman–Crippen MR) is 113 cm³/mol. The molecule has 1 atom stereocenters. The first kappa shape index (κ1) is 21.9. The highest BCUT2D eigenvalue weighted by atomic mass is 16.3. The summed E-state index contributed by atoms with van der Waals surface area (Å²) in [6.07, 6.45) is 0.612. The molecule has 7 nitrogen and oxygen atoms in total. The highest BCUT2D eigenvalue weighted by Crippen LogP contribution is 2.17. The summed E-state index contributed by atoms with van der Waals surface area (Å²) in [7, 11) is 3.46. The Morgan fingerprint density at radius 1 is 1.29 bits per heavy atom. The molecule has 1 amide bonds. The van der Waals surface area contributed by atoms with E-state index in [1.54, 1.807) is 19.0 Å². The number of aliphatic imine (C=N–C) groups is 1. The van der Waals surface area contributed by atoms with Gasteiger partial charge in [0.2, 0.25) is 5.91 Å². The molecule has 0 bridgehead atoms. The van der Waals surface area contributed by atoms with Gasteiger partial charge < -0.3 is 20.6 Å². The first-order chi connectivity index (χ1) is 13.3. The Labute approximate surface area is 168 Å². The number of hydrogen-bond donors (Lipinski definition) is 3. The maximum Gasteiger partial charge on any atom is 0.241 e. The van der Waals surface area contributed by atoms with E-state index in [1.807, 2.05) is 19.1 Å². The molecule has 1 aliphatic heterocycles. The molecule has 0 spiro atoms. The fraction of sp³-hybridized carbons (Fsp3) is 0.524. The molecule has 0 saturated carbocycles. The van der Waals surface area contributed by atoms with Crippen LogP contribution in [0, 0.1) is 0 Å². The first-order valence-electron chi connectivity index (χ1n) is 9.69. The number of aliphatic hydroxyl groups excluding tert-OH is 1. The van der Waals surface area contributed by atoms with E-state index in [0.29, 0.717) is 19.0 Å². The van der Waals surface area contributed by atoms with Gasteiger partial charge in [-0.25, -0.2) is 4.99 Å². The number of β-amino-alcohol motifs (C(OH)–C–C–N with tert-alkyl or cyclic N) is 1. The third-order valence-corrected chi connectivity index (χ3v) is 4.63. The van der Waals surface area contributed by atoms with Crippen LogP contribution in [0.15, 0.2) is 41.4 Å². The maximum absolute atomic E-state index is 11.9. The first-order valence-corrected chi connectivity index (χ1v) is 9.69. The lowest BCUT2D eigenvalue weighted by Crippen LogP contribution is -2.43. The van der Waals surface area contributed by atoms with Gasteiger partial charge in [-0.1, -0.05) is 36.4 Å². The minimum atomic E-state index is -0.221. The molecular formula is C21H33N5O2. The second-order valence-corrected chi connectivity index (χ2v) is 7.56. The largest absolute Gasteiger partial charge is 0.392 e. The fourth-order valence-corrected chi connectivity index (χ4v) is 2.95. The maximum atomic E-state index is 11.9. The quantitative estimate of drug-likeness (QED) is 0.352. The topological polar surface area (TPSA) is 80.2 Å². The number of amides is 1. The van der Waals surface area contributed by atoms with Crippen molar-refractivity contribution in [1.29, 1.82) is 0 Å². The lowest BCUT2D eigenvalue weighted by Gasteiger charge is -2.18. The number of likely N-dealkylation sites (N-methyl/N-ethyl adjacent to an activating group) is 1. The Bertz CT molecular complexity index is 702. The summed E-state index contributed by atoms with van der Waals surface area (Å²) >= 11 is 0. The van der Waals surface area contributed by atoms with E-state index < -0.39 is 0 Å². The molecule has 1 aromatic carbocycles. The van der Waals surface area contributed by atoms with Gasteiger partial charge in [-0.05, 0) is 24.5 Å². The molecule has 3 N–H and O–H groups in total. The van der Waals surface area contributed by atoms with Crippen molar-refractivity contribution in [1.82, 2.24) is 20.4 Å². The SMILES string of the molecule is C=C(C)CNC(=NCc1ccccc1CN1CCC(O)C1)NCC(=O)N(C)C. The average Bonchev–Trinajstić information content (AvgIpc) is 3.06. The molecule has 1 aliphatic rings. The van der Waals surface area contributed by atoms with Crippen molar-refractivity contribution in [2.75, 3.05) is 40.3 Å². The predicted octanol–water partition coefficient (Wildman–Crippen LogP) is 0.953. The molecule has 7 heteroatoms. The van der Waals surface area contributed by atoms with Crippen LogP contribution in [0.1, 0.15) is 24.5 Å². The summed E-state index contributed by atoms with van der Waals surface area (Å²) in [5, 5.41) is 16.0. The number of rotatable bonds is 8. The van der Waals surface area contributed by atoms with Gasteiger partial charge in [-0.15, -0.1) is 0 Å². The van der Waals surface area contributed by atoms with E-state index in [2.05, 4.69) is 39.2 Å². The van der Waals surface area contributed by atoms with E-state index in [0.717, 1.165) is 37.2 Å². The Morgan fingerprint density at radius 2 is 1.96 bits per heavy atom. The van der Waals surface area contributed by atoms with Gasteiger partial charge in [0.25, 0.3) is 0 Å². The molecular weight excluding hydrogens is 354 g/mol. The van der Waals surface area contributed by atoms with Crippen LogP contribution in [-0.2, 0) is 17.9 Å². The second kappa shape index (κ2) is 10.8. The summed E-state index contributed by atoms with van der Waals surface area (Å²) in [5.74, 6) is 0.572. The molecule has 2 rings (SSSR count). The molecule has 1 saturated heterocycles. The minimum absolute atomic E-state index is 0.0159. The summed E-state index contributed by atoms with van der Waals surface area (Å²) in [4.78, 5) is 20.3.